The summed E-state index contributed by atoms with van der Waals surface area (Å²) in [6.45, 7) is 6.60. The number of nitrogens with zero attached hydrogens (tertiary/aromatic N) is 1. The zero-order chi connectivity index (χ0) is 11.1. The second-order valence-corrected chi connectivity index (χ2v) is 4.75. The molecule has 2 aromatic rings. The highest BCUT2D eigenvalue weighted by atomic mass is 16.5. The second-order valence-electron chi connectivity index (χ2n) is 4.75. The molecule has 15 heavy (non-hydrogen) atoms. The van der Waals surface area contributed by atoms with Crippen molar-refractivity contribution in [3.8, 4) is 5.75 Å². The van der Waals surface area contributed by atoms with E-state index in [0.717, 1.165) is 5.75 Å². The third-order valence-electron chi connectivity index (χ3n) is 2.64. The molecule has 2 nitrogen and oxygen atoms in total. The van der Waals surface area contributed by atoms with Crippen molar-refractivity contribution >= 4 is 10.9 Å². The lowest BCUT2D eigenvalue weighted by Gasteiger charge is -2.22. The van der Waals surface area contributed by atoms with Crippen LogP contribution in [0.5, 0.6) is 5.75 Å². The van der Waals surface area contributed by atoms with Gasteiger partial charge in [0, 0.05) is 17.1 Å². The molecule has 0 aliphatic carbocycles. The van der Waals surface area contributed by atoms with Gasteiger partial charge in [0.05, 0.1) is 12.6 Å². The van der Waals surface area contributed by atoms with Crippen molar-refractivity contribution in [1.82, 2.24) is 4.57 Å². The van der Waals surface area contributed by atoms with Crippen molar-refractivity contribution in [2.75, 3.05) is 7.11 Å². The number of benzene rings is 1. The minimum atomic E-state index is 0.105. The Morgan fingerprint density at radius 1 is 1.13 bits per heavy atom. The maximum Gasteiger partial charge on any atom is 0.128 e. The zero-order valence-corrected chi connectivity index (χ0v) is 9.74. The molecule has 1 aromatic carbocycles. The van der Waals surface area contributed by atoms with Crippen LogP contribution in [0, 0.1) is 0 Å². The average Bonchev–Trinajstić information content (AvgIpc) is 2.59. The summed E-state index contributed by atoms with van der Waals surface area (Å²) in [7, 11) is 1.71. The molecule has 1 aromatic heterocycles. The fourth-order valence-corrected chi connectivity index (χ4v) is 1.90. The largest absolute Gasteiger partial charge is 0.496 e. The molecule has 2 rings (SSSR count). The van der Waals surface area contributed by atoms with Crippen LogP contribution in [0.25, 0.3) is 10.9 Å². The molecule has 1 heterocycles. The summed E-state index contributed by atoms with van der Waals surface area (Å²) >= 11 is 0. The van der Waals surface area contributed by atoms with E-state index < -0.39 is 0 Å². The molecule has 80 valence electrons. The van der Waals surface area contributed by atoms with Gasteiger partial charge >= 0.3 is 0 Å². The summed E-state index contributed by atoms with van der Waals surface area (Å²) in [5, 5.41) is 1.18. The van der Waals surface area contributed by atoms with E-state index in [9.17, 15) is 0 Å². The molecule has 0 N–H and O–H groups in total. The van der Waals surface area contributed by atoms with Crippen molar-refractivity contribution in [3.63, 3.8) is 0 Å². The highest BCUT2D eigenvalue weighted by molar-refractivity contribution is 5.86. The fourth-order valence-electron chi connectivity index (χ4n) is 1.90. The molecule has 0 unspecified atom stereocenters. The van der Waals surface area contributed by atoms with E-state index >= 15 is 0 Å². The Labute approximate surface area is 90.5 Å². The van der Waals surface area contributed by atoms with Gasteiger partial charge in [-0.1, -0.05) is 6.07 Å². The van der Waals surface area contributed by atoms with Gasteiger partial charge in [-0.2, -0.15) is 0 Å². The monoisotopic (exact) mass is 203 g/mol. The van der Waals surface area contributed by atoms with Crippen molar-refractivity contribution in [2.24, 2.45) is 0 Å². The fraction of sp³-hybridized carbons (Fsp3) is 0.385. The van der Waals surface area contributed by atoms with Crippen LogP contribution in [0.1, 0.15) is 20.8 Å². The van der Waals surface area contributed by atoms with Gasteiger partial charge in [0.2, 0.25) is 0 Å². The van der Waals surface area contributed by atoms with Crippen molar-refractivity contribution in [3.05, 3.63) is 30.5 Å². The summed E-state index contributed by atoms with van der Waals surface area (Å²) in [6, 6.07) is 8.27. The smallest absolute Gasteiger partial charge is 0.128 e. The van der Waals surface area contributed by atoms with E-state index in [1.54, 1.807) is 7.11 Å². The van der Waals surface area contributed by atoms with Crippen LogP contribution in [-0.4, -0.2) is 11.7 Å². The lowest BCUT2D eigenvalue weighted by atomic mass is 10.1. The van der Waals surface area contributed by atoms with Crippen LogP contribution in [0.2, 0.25) is 0 Å². The van der Waals surface area contributed by atoms with Crippen molar-refractivity contribution in [2.45, 2.75) is 26.3 Å². The standard InChI is InChI=1S/C13H17NO/c1-13(2,3)14-9-8-10-11(14)6-5-7-12(10)15-4/h5-9H,1-4H3. The van der Waals surface area contributed by atoms with E-state index in [4.69, 9.17) is 4.74 Å². The SMILES string of the molecule is COc1cccc2c1ccn2C(C)(C)C. The number of methoxy groups -OCH3 is 1. The van der Waals surface area contributed by atoms with Crippen LogP contribution < -0.4 is 4.74 Å². The molecular weight excluding hydrogens is 186 g/mol. The normalized spacial score (nSPS) is 12.0. The molecule has 0 fully saturated rings. The summed E-state index contributed by atoms with van der Waals surface area (Å²) in [4.78, 5) is 0. The Kier molecular flexibility index (Phi) is 2.22. The lowest BCUT2D eigenvalue weighted by molar-refractivity contribution is 0.409. The number of ether oxygens (including phenoxy) is 1. The molecule has 0 radical (unpaired) electrons. The summed E-state index contributed by atoms with van der Waals surface area (Å²) in [5.41, 5.74) is 1.33. The maximum absolute atomic E-state index is 5.34. The van der Waals surface area contributed by atoms with Gasteiger partial charge in [-0.05, 0) is 39.0 Å². The van der Waals surface area contributed by atoms with Gasteiger partial charge in [0.25, 0.3) is 0 Å². The second kappa shape index (κ2) is 3.30. The Balaban J connectivity index is 2.72. The maximum atomic E-state index is 5.34. The first-order valence-electron chi connectivity index (χ1n) is 5.18. The zero-order valence-electron chi connectivity index (χ0n) is 9.74. The topological polar surface area (TPSA) is 14.2 Å². The third-order valence-corrected chi connectivity index (χ3v) is 2.64. The van der Waals surface area contributed by atoms with E-state index in [1.807, 2.05) is 12.1 Å². The minimum Gasteiger partial charge on any atom is -0.496 e. The molecule has 0 bridgehead atoms. The molecule has 0 spiro atoms. The third kappa shape index (κ3) is 1.60. The predicted octanol–water partition coefficient (Wildman–Crippen LogP) is 3.40. The minimum absolute atomic E-state index is 0.105. The highest BCUT2D eigenvalue weighted by Gasteiger charge is 2.15. The van der Waals surface area contributed by atoms with Crippen LogP contribution in [0.15, 0.2) is 30.5 Å². The lowest BCUT2D eigenvalue weighted by Crippen LogP contribution is -2.20. The number of hydrogen-bond acceptors (Lipinski definition) is 1. The predicted molar refractivity (Wildman–Crippen MR) is 63.5 cm³/mol. The number of aromatic nitrogens is 1. The van der Waals surface area contributed by atoms with E-state index in [-0.39, 0.29) is 5.54 Å². The summed E-state index contributed by atoms with van der Waals surface area (Å²) < 4.78 is 7.61. The highest BCUT2D eigenvalue weighted by Crippen LogP contribution is 2.29. The molecule has 0 aliphatic rings. The number of rotatable bonds is 1. The molecule has 0 aliphatic heterocycles. The molecule has 0 saturated heterocycles. The molecular formula is C13H17NO. The number of fused-ring (bicyclic) bond motifs is 1. The summed E-state index contributed by atoms with van der Waals surface area (Å²) in [5.74, 6) is 0.940. The molecule has 2 heteroatoms. The Morgan fingerprint density at radius 2 is 1.87 bits per heavy atom. The van der Waals surface area contributed by atoms with Gasteiger partial charge in [-0.25, -0.2) is 0 Å². The molecule has 0 saturated carbocycles. The molecule has 0 atom stereocenters. The van der Waals surface area contributed by atoms with Gasteiger partial charge in [0.15, 0.2) is 0 Å². The van der Waals surface area contributed by atoms with Crippen LogP contribution in [0.4, 0.5) is 0 Å². The Morgan fingerprint density at radius 3 is 2.47 bits per heavy atom. The van der Waals surface area contributed by atoms with E-state index in [2.05, 4.69) is 43.7 Å². The first-order valence-corrected chi connectivity index (χ1v) is 5.18. The van der Waals surface area contributed by atoms with E-state index in [1.165, 1.54) is 10.9 Å². The van der Waals surface area contributed by atoms with Crippen molar-refractivity contribution in [1.29, 1.82) is 0 Å². The van der Waals surface area contributed by atoms with Gasteiger partial charge < -0.3 is 9.30 Å². The van der Waals surface area contributed by atoms with Gasteiger partial charge in [-0.3, -0.25) is 0 Å². The first-order chi connectivity index (χ1) is 7.04. The van der Waals surface area contributed by atoms with E-state index in [0.29, 0.717) is 0 Å². The Bertz CT molecular complexity index is 477. The van der Waals surface area contributed by atoms with Crippen molar-refractivity contribution < 1.29 is 4.74 Å². The van der Waals surface area contributed by atoms with Crippen LogP contribution in [0.3, 0.4) is 0 Å². The first kappa shape index (κ1) is 10.1. The summed E-state index contributed by atoms with van der Waals surface area (Å²) in [6.07, 6.45) is 2.12. The molecule has 0 amide bonds. The van der Waals surface area contributed by atoms with Crippen LogP contribution >= 0.6 is 0 Å². The quantitative estimate of drug-likeness (QED) is 0.692. The Hall–Kier alpha value is -1.44. The number of hydrogen-bond donors (Lipinski definition) is 0. The van der Waals surface area contributed by atoms with Gasteiger partial charge in [-0.15, -0.1) is 0 Å². The van der Waals surface area contributed by atoms with Crippen LogP contribution in [-0.2, 0) is 5.54 Å². The van der Waals surface area contributed by atoms with Gasteiger partial charge in [0.1, 0.15) is 5.75 Å². The average molecular weight is 203 g/mol.